The number of carbonyl (C=O) groups is 1. The van der Waals surface area contributed by atoms with Gasteiger partial charge in [0, 0.05) is 0 Å². The molecule has 37 heavy (non-hydrogen) atoms. The quantitative estimate of drug-likeness (QED) is 0.132. The van der Waals surface area contributed by atoms with Crippen LogP contribution in [0.4, 0.5) is 5.95 Å². The zero-order valence-corrected chi connectivity index (χ0v) is 20.5. The van der Waals surface area contributed by atoms with Gasteiger partial charge in [0.2, 0.25) is 5.95 Å². The molecule has 14 heteroatoms. The third-order valence-electron chi connectivity index (χ3n) is 4.84. The van der Waals surface area contributed by atoms with E-state index in [2.05, 4.69) is 20.0 Å². The third-order valence-corrected chi connectivity index (χ3v) is 6.36. The molecule has 0 saturated heterocycles. The maximum atomic E-state index is 13.3. The molecule has 4 N–H and O–H groups in total. The first-order valence-electron chi connectivity index (χ1n) is 11.1. The van der Waals surface area contributed by atoms with Gasteiger partial charge in [0.1, 0.15) is 25.6 Å². The van der Waals surface area contributed by atoms with E-state index in [0.717, 1.165) is 5.56 Å². The molecular weight excluding hydrogens is 503 g/mol. The number of nitrogens with one attached hydrogen (secondary N) is 2. The molecule has 0 spiro atoms. The van der Waals surface area contributed by atoms with E-state index in [0.29, 0.717) is 0 Å². The normalized spacial score (nSPS) is 12.8. The van der Waals surface area contributed by atoms with Crippen LogP contribution in [0.3, 0.4) is 0 Å². The van der Waals surface area contributed by atoms with Crippen LogP contribution in [-0.2, 0) is 36.7 Å². The molecule has 2 heterocycles. The third kappa shape index (κ3) is 7.48. The summed E-state index contributed by atoms with van der Waals surface area (Å²) in [5.41, 5.74) is 6.33. The van der Waals surface area contributed by atoms with Gasteiger partial charge in [-0.05, 0) is 17.7 Å². The SMILES string of the molecule is Nc1nc2c(ncn2COCCOP(=O)(NCC(=O)OCc2ccccc2)Oc2ccccc2)c(=O)[nH]1. The average Bonchev–Trinajstić information content (AvgIpc) is 3.30. The summed E-state index contributed by atoms with van der Waals surface area (Å²) in [6.07, 6.45) is 1.39. The number of ether oxygens (including phenoxy) is 2. The summed E-state index contributed by atoms with van der Waals surface area (Å²) in [5.74, 6) is -0.389. The molecule has 2 aromatic carbocycles. The van der Waals surface area contributed by atoms with Gasteiger partial charge in [0.15, 0.2) is 11.2 Å². The number of benzene rings is 2. The van der Waals surface area contributed by atoms with E-state index in [4.69, 9.17) is 24.3 Å². The van der Waals surface area contributed by atoms with Crippen molar-refractivity contribution in [1.29, 1.82) is 0 Å². The van der Waals surface area contributed by atoms with Crippen LogP contribution < -0.4 is 20.9 Å². The number of nitrogen functional groups attached to an aromatic ring is 1. The Kier molecular flexibility index (Phi) is 8.64. The van der Waals surface area contributed by atoms with Crippen molar-refractivity contribution in [3.8, 4) is 5.75 Å². The van der Waals surface area contributed by atoms with Gasteiger partial charge in [-0.1, -0.05) is 48.5 Å². The number of esters is 1. The second kappa shape index (κ2) is 12.3. The van der Waals surface area contributed by atoms with Crippen LogP contribution in [0.2, 0.25) is 0 Å². The molecule has 0 aliphatic rings. The molecule has 2 aromatic heterocycles. The number of nitrogens with zero attached hydrogens (tertiary/aromatic N) is 3. The fraction of sp³-hybridized carbons (Fsp3) is 0.217. The Bertz CT molecular complexity index is 1430. The van der Waals surface area contributed by atoms with E-state index in [1.54, 1.807) is 30.3 Å². The standard InChI is InChI=1S/C23H25N6O7P/c24-23-27-21-20(22(31)28-23)25-15-29(21)16-33-11-12-35-37(32,36-18-9-5-2-6-10-18)26-13-19(30)34-14-17-7-3-1-4-8-17/h1-10,15H,11-14,16H2,(H,26,32)(H3,24,27,28,31). The summed E-state index contributed by atoms with van der Waals surface area (Å²) in [6, 6.07) is 17.6. The van der Waals surface area contributed by atoms with E-state index in [9.17, 15) is 14.2 Å². The first-order chi connectivity index (χ1) is 17.9. The summed E-state index contributed by atoms with van der Waals surface area (Å²) in [6.45, 7) is -0.478. The molecular formula is C23H25N6O7P. The van der Waals surface area contributed by atoms with Crippen molar-refractivity contribution < 1.29 is 27.9 Å². The highest BCUT2D eigenvalue weighted by atomic mass is 31.2. The monoisotopic (exact) mass is 528 g/mol. The second-order valence-corrected chi connectivity index (χ2v) is 9.34. The van der Waals surface area contributed by atoms with Gasteiger partial charge in [-0.15, -0.1) is 0 Å². The minimum Gasteiger partial charge on any atom is -0.460 e. The Balaban J connectivity index is 1.30. The minimum atomic E-state index is -3.97. The summed E-state index contributed by atoms with van der Waals surface area (Å²) in [4.78, 5) is 34.5. The highest BCUT2D eigenvalue weighted by Gasteiger charge is 2.27. The Morgan fingerprint density at radius 2 is 1.81 bits per heavy atom. The number of fused-ring (bicyclic) bond motifs is 1. The largest absolute Gasteiger partial charge is 0.460 e. The molecule has 0 aliphatic heterocycles. The van der Waals surface area contributed by atoms with Crippen molar-refractivity contribution in [3.05, 3.63) is 82.9 Å². The maximum Gasteiger partial charge on any atom is 0.459 e. The number of aromatic amines is 1. The Morgan fingerprint density at radius 3 is 2.57 bits per heavy atom. The molecule has 0 fully saturated rings. The predicted molar refractivity (Wildman–Crippen MR) is 133 cm³/mol. The molecule has 0 saturated carbocycles. The number of anilines is 1. The number of H-pyrrole nitrogens is 1. The van der Waals surface area contributed by atoms with E-state index in [-0.39, 0.29) is 49.4 Å². The van der Waals surface area contributed by atoms with Crippen LogP contribution in [0.25, 0.3) is 11.2 Å². The van der Waals surface area contributed by atoms with Crippen LogP contribution in [0.1, 0.15) is 5.56 Å². The van der Waals surface area contributed by atoms with Crippen LogP contribution in [0, 0.1) is 0 Å². The summed E-state index contributed by atoms with van der Waals surface area (Å²) in [5, 5.41) is 2.53. The molecule has 0 amide bonds. The van der Waals surface area contributed by atoms with Gasteiger partial charge in [0.05, 0.1) is 19.5 Å². The molecule has 13 nitrogen and oxygen atoms in total. The first kappa shape index (κ1) is 26.0. The molecule has 1 unspecified atom stereocenters. The van der Waals surface area contributed by atoms with Gasteiger partial charge >= 0.3 is 13.7 Å². The Labute approximate surface area is 211 Å². The van der Waals surface area contributed by atoms with Crippen molar-refractivity contribution in [2.24, 2.45) is 0 Å². The Hall–Kier alpha value is -4.03. The number of para-hydroxylation sites is 1. The van der Waals surface area contributed by atoms with Gasteiger partial charge < -0.3 is 19.7 Å². The van der Waals surface area contributed by atoms with Gasteiger partial charge in [0.25, 0.3) is 5.56 Å². The predicted octanol–water partition coefficient (Wildman–Crippen LogP) is 2.21. The van der Waals surface area contributed by atoms with Gasteiger partial charge in [-0.25, -0.2) is 14.6 Å². The number of carbonyl (C=O) groups excluding carboxylic acids is 1. The van der Waals surface area contributed by atoms with Gasteiger partial charge in [-0.2, -0.15) is 4.98 Å². The number of hydrogen-bond acceptors (Lipinski definition) is 10. The molecule has 194 valence electrons. The molecule has 0 radical (unpaired) electrons. The molecule has 0 aliphatic carbocycles. The van der Waals surface area contributed by atoms with Crippen LogP contribution in [0.5, 0.6) is 5.75 Å². The van der Waals surface area contributed by atoms with Crippen LogP contribution in [0.15, 0.2) is 71.8 Å². The fourth-order valence-electron chi connectivity index (χ4n) is 3.12. The maximum absolute atomic E-state index is 13.3. The lowest BCUT2D eigenvalue weighted by Gasteiger charge is -2.19. The number of aromatic nitrogens is 4. The number of hydrogen-bond donors (Lipinski definition) is 3. The van der Waals surface area contributed by atoms with Crippen molar-refractivity contribution in [2.45, 2.75) is 13.3 Å². The van der Waals surface area contributed by atoms with E-state index in [1.807, 2.05) is 30.3 Å². The van der Waals surface area contributed by atoms with Crippen molar-refractivity contribution in [2.75, 3.05) is 25.5 Å². The van der Waals surface area contributed by atoms with Crippen LogP contribution in [-0.4, -0.2) is 45.2 Å². The van der Waals surface area contributed by atoms with Crippen molar-refractivity contribution in [3.63, 3.8) is 0 Å². The first-order valence-corrected chi connectivity index (χ1v) is 12.7. The highest BCUT2D eigenvalue weighted by Crippen LogP contribution is 2.43. The lowest BCUT2D eigenvalue weighted by molar-refractivity contribution is -0.143. The fourth-order valence-corrected chi connectivity index (χ4v) is 4.36. The topological polar surface area (TPSA) is 173 Å². The molecule has 1 atom stereocenters. The molecule has 4 rings (SSSR count). The van der Waals surface area contributed by atoms with Crippen LogP contribution >= 0.6 is 7.75 Å². The van der Waals surface area contributed by atoms with E-state index in [1.165, 1.54) is 10.9 Å². The summed E-state index contributed by atoms with van der Waals surface area (Å²) < 4.78 is 36.5. The Morgan fingerprint density at radius 1 is 1.08 bits per heavy atom. The lowest BCUT2D eigenvalue weighted by Crippen LogP contribution is -2.26. The highest BCUT2D eigenvalue weighted by molar-refractivity contribution is 7.52. The smallest absolute Gasteiger partial charge is 0.459 e. The van der Waals surface area contributed by atoms with Gasteiger partial charge in [-0.3, -0.25) is 23.7 Å². The second-order valence-electron chi connectivity index (χ2n) is 7.59. The number of rotatable bonds is 13. The lowest BCUT2D eigenvalue weighted by atomic mass is 10.2. The number of nitrogens with two attached hydrogens (primary N) is 1. The zero-order valence-electron chi connectivity index (χ0n) is 19.6. The summed E-state index contributed by atoms with van der Waals surface area (Å²) in [7, 11) is -3.97. The van der Waals surface area contributed by atoms with E-state index < -0.39 is 25.8 Å². The average molecular weight is 528 g/mol. The minimum absolute atomic E-state index is 0.000615. The zero-order chi connectivity index (χ0) is 26.1. The molecule has 4 aromatic rings. The number of imidazole rings is 1. The van der Waals surface area contributed by atoms with E-state index >= 15 is 0 Å². The summed E-state index contributed by atoms with van der Waals surface area (Å²) >= 11 is 0. The van der Waals surface area contributed by atoms with Crippen molar-refractivity contribution in [1.82, 2.24) is 24.6 Å². The molecule has 0 bridgehead atoms. The van der Waals surface area contributed by atoms with Crippen molar-refractivity contribution >= 4 is 30.8 Å².